The van der Waals surface area contributed by atoms with Crippen LogP contribution in [-0.4, -0.2) is 24.3 Å². The predicted octanol–water partition coefficient (Wildman–Crippen LogP) is 3.11. The van der Waals surface area contributed by atoms with E-state index >= 15 is 0 Å². The van der Waals surface area contributed by atoms with Gasteiger partial charge in [0.2, 0.25) is 0 Å². The Bertz CT molecular complexity index is 473. The number of ether oxygens (including phenoxy) is 2. The second kappa shape index (κ2) is 6.27. The molecule has 1 fully saturated rings. The zero-order valence-corrected chi connectivity index (χ0v) is 11.0. The van der Waals surface area contributed by atoms with Crippen molar-refractivity contribution < 1.29 is 19.4 Å². The van der Waals surface area contributed by atoms with Gasteiger partial charge in [0.05, 0.1) is 13.2 Å². The first-order valence-corrected chi connectivity index (χ1v) is 6.45. The Hall–Kier alpha value is -1.97. The van der Waals surface area contributed by atoms with E-state index in [0.29, 0.717) is 11.5 Å². The van der Waals surface area contributed by atoms with Gasteiger partial charge in [-0.25, -0.2) is 4.79 Å². The topological polar surface area (TPSA) is 55.8 Å². The number of carbonyl (C=O) groups is 1. The number of carboxylic acid groups (broad SMARTS) is 1. The van der Waals surface area contributed by atoms with E-state index in [9.17, 15) is 4.79 Å². The third-order valence-corrected chi connectivity index (χ3v) is 3.22. The number of aliphatic carboxylic acids is 1. The van der Waals surface area contributed by atoms with Crippen molar-refractivity contribution in [1.82, 2.24) is 0 Å². The number of rotatable bonds is 5. The van der Waals surface area contributed by atoms with Crippen molar-refractivity contribution in [2.75, 3.05) is 7.11 Å². The Balaban J connectivity index is 2.22. The van der Waals surface area contributed by atoms with Crippen LogP contribution in [0.15, 0.2) is 24.3 Å². The van der Waals surface area contributed by atoms with Crippen LogP contribution in [0.1, 0.15) is 31.2 Å². The third-order valence-electron chi connectivity index (χ3n) is 3.22. The summed E-state index contributed by atoms with van der Waals surface area (Å²) in [6.07, 6.45) is 7.38. The molecular formula is C15H18O4. The van der Waals surface area contributed by atoms with Crippen molar-refractivity contribution in [2.45, 2.75) is 31.8 Å². The van der Waals surface area contributed by atoms with Gasteiger partial charge in [0, 0.05) is 17.7 Å². The summed E-state index contributed by atoms with van der Waals surface area (Å²) >= 11 is 0. The largest absolute Gasteiger partial charge is 0.497 e. The molecule has 4 heteroatoms. The molecule has 0 aromatic heterocycles. The van der Waals surface area contributed by atoms with Crippen molar-refractivity contribution in [3.05, 3.63) is 29.8 Å². The number of methoxy groups -OCH3 is 1. The zero-order chi connectivity index (χ0) is 13.7. The fraction of sp³-hybridized carbons (Fsp3) is 0.400. The molecule has 0 atom stereocenters. The fourth-order valence-electron chi connectivity index (χ4n) is 2.23. The van der Waals surface area contributed by atoms with E-state index in [1.807, 2.05) is 6.07 Å². The van der Waals surface area contributed by atoms with Crippen LogP contribution >= 0.6 is 0 Å². The molecule has 1 saturated carbocycles. The lowest BCUT2D eigenvalue weighted by Crippen LogP contribution is -2.11. The Labute approximate surface area is 112 Å². The lowest BCUT2D eigenvalue weighted by atomic mass is 10.1. The van der Waals surface area contributed by atoms with Crippen LogP contribution < -0.4 is 9.47 Å². The van der Waals surface area contributed by atoms with E-state index in [1.165, 1.54) is 12.8 Å². The molecule has 0 heterocycles. The summed E-state index contributed by atoms with van der Waals surface area (Å²) < 4.78 is 11.1. The summed E-state index contributed by atoms with van der Waals surface area (Å²) in [7, 11) is 1.60. The smallest absolute Gasteiger partial charge is 0.328 e. The summed E-state index contributed by atoms with van der Waals surface area (Å²) in [6, 6.07) is 5.41. The van der Waals surface area contributed by atoms with Crippen molar-refractivity contribution >= 4 is 12.0 Å². The molecule has 1 aromatic carbocycles. The van der Waals surface area contributed by atoms with Gasteiger partial charge in [0.1, 0.15) is 11.5 Å². The van der Waals surface area contributed by atoms with Gasteiger partial charge in [-0.15, -0.1) is 0 Å². The van der Waals surface area contributed by atoms with Gasteiger partial charge in [-0.2, -0.15) is 0 Å². The average molecular weight is 262 g/mol. The first-order valence-electron chi connectivity index (χ1n) is 6.45. The molecule has 1 aliphatic carbocycles. The number of hydrogen-bond donors (Lipinski definition) is 1. The molecule has 1 aliphatic rings. The normalized spacial score (nSPS) is 15.8. The average Bonchev–Trinajstić information content (AvgIpc) is 2.90. The van der Waals surface area contributed by atoms with E-state index in [0.717, 1.165) is 24.5 Å². The standard InChI is InChI=1S/C15H18O4/c1-18-13-8-6-11(7-9-15(16)17)14(10-13)19-12-4-2-3-5-12/h6-10,12H,2-5H2,1H3,(H,16,17)/b9-7+. The maximum absolute atomic E-state index is 10.6. The number of carboxylic acids is 1. The molecule has 0 spiro atoms. The van der Waals surface area contributed by atoms with E-state index in [2.05, 4.69) is 0 Å². The van der Waals surface area contributed by atoms with Gasteiger partial charge in [0.25, 0.3) is 0 Å². The third kappa shape index (κ3) is 3.74. The van der Waals surface area contributed by atoms with Crippen LogP contribution in [0.2, 0.25) is 0 Å². The van der Waals surface area contributed by atoms with Crippen LogP contribution in [0.4, 0.5) is 0 Å². The van der Waals surface area contributed by atoms with Gasteiger partial charge in [-0.3, -0.25) is 0 Å². The molecular weight excluding hydrogens is 244 g/mol. The first-order chi connectivity index (χ1) is 9.19. The maximum Gasteiger partial charge on any atom is 0.328 e. The molecule has 1 aromatic rings. The minimum absolute atomic E-state index is 0.226. The lowest BCUT2D eigenvalue weighted by Gasteiger charge is -2.16. The molecule has 19 heavy (non-hydrogen) atoms. The summed E-state index contributed by atoms with van der Waals surface area (Å²) in [5.41, 5.74) is 0.759. The van der Waals surface area contributed by atoms with E-state index in [4.69, 9.17) is 14.6 Å². The minimum atomic E-state index is -0.970. The predicted molar refractivity (Wildman–Crippen MR) is 72.5 cm³/mol. The summed E-state index contributed by atoms with van der Waals surface area (Å²) in [6.45, 7) is 0. The van der Waals surface area contributed by atoms with Gasteiger partial charge in [-0.05, 0) is 43.9 Å². The van der Waals surface area contributed by atoms with Crippen LogP contribution in [0.3, 0.4) is 0 Å². The molecule has 102 valence electrons. The monoisotopic (exact) mass is 262 g/mol. The Morgan fingerprint density at radius 3 is 2.74 bits per heavy atom. The minimum Gasteiger partial charge on any atom is -0.497 e. The lowest BCUT2D eigenvalue weighted by molar-refractivity contribution is -0.131. The Morgan fingerprint density at radius 1 is 1.37 bits per heavy atom. The van der Waals surface area contributed by atoms with Crippen molar-refractivity contribution in [3.63, 3.8) is 0 Å². The van der Waals surface area contributed by atoms with E-state index in [-0.39, 0.29) is 6.10 Å². The van der Waals surface area contributed by atoms with Gasteiger partial charge in [-0.1, -0.05) is 0 Å². The molecule has 0 aliphatic heterocycles. The SMILES string of the molecule is COc1ccc(/C=C/C(=O)O)c(OC2CCCC2)c1. The highest BCUT2D eigenvalue weighted by atomic mass is 16.5. The second-order valence-corrected chi connectivity index (χ2v) is 4.60. The highest BCUT2D eigenvalue weighted by molar-refractivity contribution is 5.86. The van der Waals surface area contributed by atoms with Crippen molar-refractivity contribution in [1.29, 1.82) is 0 Å². The maximum atomic E-state index is 10.6. The summed E-state index contributed by atoms with van der Waals surface area (Å²) in [5, 5.41) is 8.70. The highest BCUT2D eigenvalue weighted by Gasteiger charge is 2.18. The second-order valence-electron chi connectivity index (χ2n) is 4.60. The Morgan fingerprint density at radius 2 is 2.11 bits per heavy atom. The zero-order valence-electron chi connectivity index (χ0n) is 11.0. The molecule has 0 bridgehead atoms. The molecule has 2 rings (SSSR count). The van der Waals surface area contributed by atoms with E-state index < -0.39 is 5.97 Å². The van der Waals surface area contributed by atoms with Crippen molar-refractivity contribution in [3.8, 4) is 11.5 Å². The number of benzene rings is 1. The van der Waals surface area contributed by atoms with Gasteiger partial charge < -0.3 is 14.6 Å². The molecule has 0 unspecified atom stereocenters. The molecule has 0 radical (unpaired) electrons. The van der Waals surface area contributed by atoms with Gasteiger partial charge in [0.15, 0.2) is 0 Å². The van der Waals surface area contributed by atoms with Crippen LogP contribution in [0.25, 0.3) is 6.08 Å². The molecule has 1 N–H and O–H groups in total. The van der Waals surface area contributed by atoms with Crippen LogP contribution in [-0.2, 0) is 4.79 Å². The highest BCUT2D eigenvalue weighted by Crippen LogP contribution is 2.30. The number of hydrogen-bond acceptors (Lipinski definition) is 3. The first kappa shape index (κ1) is 13.5. The van der Waals surface area contributed by atoms with Crippen molar-refractivity contribution in [2.24, 2.45) is 0 Å². The summed E-state index contributed by atoms with van der Waals surface area (Å²) in [5.74, 6) is 0.423. The van der Waals surface area contributed by atoms with Gasteiger partial charge >= 0.3 is 5.97 Å². The van der Waals surface area contributed by atoms with E-state index in [1.54, 1.807) is 25.3 Å². The summed E-state index contributed by atoms with van der Waals surface area (Å²) in [4.78, 5) is 10.6. The molecule has 0 amide bonds. The molecule has 0 saturated heterocycles. The fourth-order valence-corrected chi connectivity index (χ4v) is 2.23. The Kier molecular flexibility index (Phi) is 4.44. The quantitative estimate of drug-likeness (QED) is 0.828. The molecule has 4 nitrogen and oxygen atoms in total. The van der Waals surface area contributed by atoms with Crippen LogP contribution in [0.5, 0.6) is 11.5 Å². The van der Waals surface area contributed by atoms with Crippen LogP contribution in [0, 0.1) is 0 Å².